The van der Waals surface area contributed by atoms with Gasteiger partial charge in [0.25, 0.3) is 5.91 Å². The first-order chi connectivity index (χ1) is 13.2. The summed E-state index contributed by atoms with van der Waals surface area (Å²) in [6.07, 6.45) is 7.39. The van der Waals surface area contributed by atoms with Crippen LogP contribution in [0.1, 0.15) is 34.8 Å². The number of hydrogen-bond donors (Lipinski definition) is 2. The van der Waals surface area contributed by atoms with Gasteiger partial charge in [0.15, 0.2) is 0 Å². The molecule has 0 unspecified atom stereocenters. The smallest absolute Gasteiger partial charge is 0.286 e. The van der Waals surface area contributed by atoms with Crippen LogP contribution in [0.15, 0.2) is 36.2 Å². The molecule has 138 valence electrons. The summed E-state index contributed by atoms with van der Waals surface area (Å²) in [4.78, 5) is 24.6. The highest BCUT2D eigenvalue weighted by atomic mass is 32.1. The van der Waals surface area contributed by atoms with Gasteiger partial charge in [-0.1, -0.05) is 17.8 Å². The zero-order valence-electron chi connectivity index (χ0n) is 14.2. The zero-order chi connectivity index (χ0) is 18.7. The Kier molecular flexibility index (Phi) is 4.71. The summed E-state index contributed by atoms with van der Waals surface area (Å²) in [5.41, 5.74) is 2.10. The van der Waals surface area contributed by atoms with Crippen LogP contribution in [-0.4, -0.2) is 37.6 Å². The minimum absolute atomic E-state index is 0.265. The lowest BCUT2D eigenvalue weighted by molar-refractivity contribution is 0.102. The molecule has 2 N–H and O–H groups in total. The molecule has 10 heteroatoms. The van der Waals surface area contributed by atoms with Gasteiger partial charge in [0.05, 0.1) is 23.8 Å². The minimum atomic E-state index is -0.360. The van der Waals surface area contributed by atoms with Crippen molar-refractivity contribution in [3.05, 3.63) is 52.8 Å². The molecule has 3 aromatic heterocycles. The number of halogens is 1. The molecule has 1 amide bonds. The van der Waals surface area contributed by atoms with E-state index in [1.807, 2.05) is 0 Å². The number of pyridine rings is 1. The van der Waals surface area contributed by atoms with E-state index in [1.165, 1.54) is 24.0 Å². The van der Waals surface area contributed by atoms with Crippen LogP contribution in [0.5, 0.6) is 0 Å². The summed E-state index contributed by atoms with van der Waals surface area (Å²) < 4.78 is 14.2. The summed E-state index contributed by atoms with van der Waals surface area (Å²) in [6.45, 7) is 0.497. The van der Waals surface area contributed by atoms with E-state index in [2.05, 4.69) is 35.8 Å². The third kappa shape index (κ3) is 3.61. The normalized spacial score (nSPS) is 15.0. The van der Waals surface area contributed by atoms with Gasteiger partial charge in [-0.3, -0.25) is 9.78 Å². The molecule has 27 heavy (non-hydrogen) atoms. The average molecular weight is 385 g/mol. The van der Waals surface area contributed by atoms with Crippen LogP contribution < -0.4 is 10.6 Å². The molecule has 0 atom stereocenters. The van der Waals surface area contributed by atoms with Gasteiger partial charge < -0.3 is 10.6 Å². The van der Waals surface area contributed by atoms with E-state index in [-0.39, 0.29) is 22.1 Å². The van der Waals surface area contributed by atoms with Crippen LogP contribution in [0.2, 0.25) is 0 Å². The van der Waals surface area contributed by atoms with E-state index in [0.717, 1.165) is 30.6 Å². The lowest BCUT2D eigenvalue weighted by atomic mass is 9.66. The van der Waals surface area contributed by atoms with Crippen LogP contribution in [0.3, 0.4) is 0 Å². The van der Waals surface area contributed by atoms with Gasteiger partial charge in [-0.15, -0.1) is 10.2 Å². The van der Waals surface area contributed by atoms with Crippen molar-refractivity contribution < 1.29 is 9.18 Å². The van der Waals surface area contributed by atoms with Crippen LogP contribution in [0.4, 0.5) is 16.0 Å². The topological polar surface area (TPSA) is 106 Å². The highest BCUT2D eigenvalue weighted by molar-refractivity contribution is 7.11. The lowest BCUT2D eigenvalue weighted by Gasteiger charge is -2.41. The fourth-order valence-electron chi connectivity index (χ4n) is 3.07. The fourth-order valence-corrected chi connectivity index (χ4v) is 3.51. The molecule has 3 heterocycles. The molecule has 0 aliphatic heterocycles. The quantitative estimate of drug-likeness (QED) is 0.672. The number of rotatable bonds is 6. The van der Waals surface area contributed by atoms with Crippen molar-refractivity contribution in [3.63, 3.8) is 0 Å². The Bertz CT molecular complexity index is 929. The number of anilines is 2. The molecular formula is C17H16FN7OS. The Hall–Kier alpha value is -3.01. The molecule has 0 aromatic carbocycles. The van der Waals surface area contributed by atoms with Crippen molar-refractivity contribution >= 4 is 28.9 Å². The molecule has 0 bridgehead atoms. The number of carbonyl (C=O) groups is 1. The van der Waals surface area contributed by atoms with Gasteiger partial charge in [0.2, 0.25) is 11.0 Å². The van der Waals surface area contributed by atoms with Crippen molar-refractivity contribution in [2.75, 3.05) is 17.2 Å². The van der Waals surface area contributed by atoms with Gasteiger partial charge in [-0.25, -0.2) is 14.4 Å². The summed E-state index contributed by atoms with van der Waals surface area (Å²) >= 11 is 1.15. The summed E-state index contributed by atoms with van der Waals surface area (Å²) in [7, 11) is 0. The first-order valence-corrected chi connectivity index (χ1v) is 9.29. The molecule has 1 aliphatic carbocycles. The molecule has 8 nitrogen and oxygen atoms in total. The van der Waals surface area contributed by atoms with Gasteiger partial charge >= 0.3 is 0 Å². The number of nitrogens with one attached hydrogen (secondary N) is 2. The molecule has 1 saturated carbocycles. The lowest BCUT2D eigenvalue weighted by Crippen LogP contribution is -2.42. The number of amides is 1. The van der Waals surface area contributed by atoms with Crippen molar-refractivity contribution in [2.45, 2.75) is 24.7 Å². The molecule has 0 spiro atoms. The van der Waals surface area contributed by atoms with Crippen molar-refractivity contribution in [1.82, 2.24) is 25.1 Å². The number of hydrogen-bond acceptors (Lipinski definition) is 8. The van der Waals surface area contributed by atoms with E-state index in [0.29, 0.717) is 23.9 Å². The predicted octanol–water partition coefficient (Wildman–Crippen LogP) is 2.65. The van der Waals surface area contributed by atoms with Crippen LogP contribution in [0.25, 0.3) is 0 Å². The maximum atomic E-state index is 14.2. The van der Waals surface area contributed by atoms with E-state index in [9.17, 15) is 9.18 Å². The van der Waals surface area contributed by atoms with E-state index in [4.69, 9.17) is 0 Å². The summed E-state index contributed by atoms with van der Waals surface area (Å²) in [6, 6.07) is 3.03. The number of aromatic nitrogens is 5. The fraction of sp³-hybridized carbons (Fsp3) is 0.294. The highest BCUT2D eigenvalue weighted by Crippen LogP contribution is 2.43. The second-order valence-electron chi connectivity index (χ2n) is 6.31. The van der Waals surface area contributed by atoms with Crippen LogP contribution in [-0.2, 0) is 5.41 Å². The van der Waals surface area contributed by atoms with Crippen molar-refractivity contribution in [2.24, 2.45) is 0 Å². The Labute approximate surface area is 158 Å². The van der Waals surface area contributed by atoms with Gasteiger partial charge in [-0.05, 0) is 25.0 Å². The second-order valence-corrected chi connectivity index (χ2v) is 7.15. The molecule has 1 fully saturated rings. The molecular weight excluding hydrogens is 369 g/mol. The monoisotopic (exact) mass is 385 g/mol. The van der Waals surface area contributed by atoms with Crippen molar-refractivity contribution in [1.29, 1.82) is 0 Å². The first kappa shape index (κ1) is 17.4. The summed E-state index contributed by atoms with van der Waals surface area (Å²) in [5, 5.41) is 13.4. The van der Waals surface area contributed by atoms with Gasteiger partial charge in [0.1, 0.15) is 11.3 Å². The maximum absolute atomic E-state index is 14.2. The summed E-state index contributed by atoms with van der Waals surface area (Å²) in [5.74, 6) is -0.234. The zero-order valence-corrected chi connectivity index (χ0v) is 15.0. The van der Waals surface area contributed by atoms with Gasteiger partial charge in [-0.2, -0.15) is 0 Å². The minimum Gasteiger partial charge on any atom is -0.353 e. The second kappa shape index (κ2) is 7.31. The molecule has 4 rings (SSSR count). The predicted molar refractivity (Wildman–Crippen MR) is 98.1 cm³/mol. The molecule has 0 radical (unpaired) electrons. The molecule has 0 saturated heterocycles. The van der Waals surface area contributed by atoms with E-state index >= 15 is 0 Å². The van der Waals surface area contributed by atoms with E-state index in [1.54, 1.807) is 12.3 Å². The van der Waals surface area contributed by atoms with Crippen LogP contribution in [0, 0.1) is 5.82 Å². The Balaban J connectivity index is 1.40. The maximum Gasteiger partial charge on any atom is 0.286 e. The Morgan fingerprint density at radius 2 is 2.07 bits per heavy atom. The largest absolute Gasteiger partial charge is 0.353 e. The Morgan fingerprint density at radius 3 is 2.70 bits per heavy atom. The van der Waals surface area contributed by atoms with Crippen LogP contribution >= 0.6 is 11.3 Å². The molecule has 1 aliphatic rings. The van der Waals surface area contributed by atoms with E-state index < -0.39 is 0 Å². The highest BCUT2D eigenvalue weighted by Gasteiger charge is 2.41. The van der Waals surface area contributed by atoms with Gasteiger partial charge in [0, 0.05) is 18.2 Å². The molecule has 3 aromatic rings. The van der Waals surface area contributed by atoms with Crippen molar-refractivity contribution in [3.8, 4) is 0 Å². The standard InChI is InChI=1S/C17H16FN7OS/c18-12-3-1-6-19-13(12)17(4-2-5-17)9-22-16-20-7-11(8-21-16)24-14(26)15-25-23-10-27-15/h1,3,6-8,10H,2,4-5,9H2,(H,24,26)(H,20,21,22). The average Bonchev–Trinajstić information content (AvgIpc) is 3.18. The SMILES string of the molecule is O=C(Nc1cnc(NCC2(c3ncccc3F)CCC2)nc1)c1nncs1. The number of nitrogens with zero attached hydrogens (tertiary/aromatic N) is 5. The Morgan fingerprint density at radius 1 is 1.26 bits per heavy atom. The first-order valence-electron chi connectivity index (χ1n) is 8.41. The third-order valence-corrected chi connectivity index (χ3v) is 5.31. The third-order valence-electron chi connectivity index (χ3n) is 4.62. The number of carbonyl (C=O) groups excluding carboxylic acids is 1.